The number of aryl methyl sites for hydroxylation is 1. The maximum absolute atomic E-state index is 12.5. The predicted molar refractivity (Wildman–Crippen MR) is 138 cm³/mol. The van der Waals surface area contributed by atoms with Crippen molar-refractivity contribution in [3.63, 3.8) is 0 Å². The predicted octanol–water partition coefficient (Wildman–Crippen LogP) is 8.86. The molecule has 3 nitrogen and oxygen atoms in total. The summed E-state index contributed by atoms with van der Waals surface area (Å²) in [5.74, 6) is 0.246. The van der Waals surface area contributed by atoms with Gasteiger partial charge < -0.3 is 9.47 Å². The Balaban J connectivity index is 1.70. The van der Waals surface area contributed by atoms with Crippen LogP contribution in [-0.2, 0) is 11.2 Å². The molecule has 182 valence electrons. The standard InChI is InChI=1S/C30H44O3/c1-4-6-8-10-11-12-14-24-32-25(3)27-20-22-29(23-21-27)33-30(31)28-18-16-26(17-19-28)15-13-9-7-5-2/h16-23,25H,4-15,24H2,1-3H3. The molecule has 0 spiro atoms. The molecule has 1 atom stereocenters. The van der Waals surface area contributed by atoms with Gasteiger partial charge in [-0.05, 0) is 61.6 Å². The normalized spacial score (nSPS) is 12.0. The highest BCUT2D eigenvalue weighted by atomic mass is 16.5. The van der Waals surface area contributed by atoms with Crippen molar-refractivity contribution >= 4 is 5.97 Å². The van der Waals surface area contributed by atoms with Crippen LogP contribution >= 0.6 is 0 Å². The van der Waals surface area contributed by atoms with Gasteiger partial charge in [-0.25, -0.2) is 4.79 Å². The van der Waals surface area contributed by atoms with E-state index in [1.165, 1.54) is 69.8 Å². The summed E-state index contributed by atoms with van der Waals surface area (Å²) in [5, 5.41) is 0. The first-order valence-electron chi connectivity index (χ1n) is 13.2. The highest BCUT2D eigenvalue weighted by molar-refractivity contribution is 5.91. The van der Waals surface area contributed by atoms with Crippen molar-refractivity contribution in [2.24, 2.45) is 0 Å². The van der Waals surface area contributed by atoms with E-state index < -0.39 is 0 Å². The lowest BCUT2D eigenvalue weighted by molar-refractivity contribution is 0.0627. The molecule has 0 aliphatic rings. The maximum atomic E-state index is 12.5. The van der Waals surface area contributed by atoms with Crippen molar-refractivity contribution in [2.45, 2.75) is 104 Å². The third-order valence-corrected chi connectivity index (χ3v) is 6.18. The third kappa shape index (κ3) is 11.0. The Kier molecular flexibility index (Phi) is 13.5. The molecular weight excluding hydrogens is 408 g/mol. The Hall–Kier alpha value is -2.13. The van der Waals surface area contributed by atoms with Crippen molar-refractivity contribution < 1.29 is 14.3 Å². The van der Waals surface area contributed by atoms with Crippen LogP contribution in [0.1, 0.15) is 119 Å². The van der Waals surface area contributed by atoms with E-state index >= 15 is 0 Å². The van der Waals surface area contributed by atoms with E-state index in [2.05, 4.69) is 20.8 Å². The molecule has 0 aliphatic heterocycles. The monoisotopic (exact) mass is 452 g/mol. The van der Waals surface area contributed by atoms with Crippen molar-refractivity contribution in [3.8, 4) is 5.75 Å². The van der Waals surface area contributed by atoms with Crippen LogP contribution in [0.3, 0.4) is 0 Å². The second kappa shape index (κ2) is 16.5. The highest BCUT2D eigenvalue weighted by Gasteiger charge is 2.10. The molecule has 0 saturated heterocycles. The zero-order valence-corrected chi connectivity index (χ0v) is 21.1. The molecule has 3 heteroatoms. The number of ether oxygens (including phenoxy) is 2. The molecular formula is C30H44O3. The van der Waals surface area contributed by atoms with Crippen molar-refractivity contribution in [2.75, 3.05) is 6.61 Å². The Morgan fingerprint density at radius 3 is 1.94 bits per heavy atom. The number of rotatable bonds is 17. The van der Waals surface area contributed by atoms with E-state index in [9.17, 15) is 4.79 Å². The number of hydrogen-bond donors (Lipinski definition) is 0. The fourth-order valence-electron chi connectivity index (χ4n) is 3.95. The Morgan fingerprint density at radius 2 is 1.30 bits per heavy atom. The molecule has 2 rings (SSSR count). The molecule has 0 aliphatic carbocycles. The number of carbonyl (C=O) groups is 1. The summed E-state index contributed by atoms with van der Waals surface area (Å²) in [7, 11) is 0. The summed E-state index contributed by atoms with van der Waals surface area (Å²) in [4.78, 5) is 12.5. The lowest BCUT2D eigenvalue weighted by Crippen LogP contribution is -2.08. The van der Waals surface area contributed by atoms with Crippen LogP contribution in [0.5, 0.6) is 5.75 Å². The first-order valence-corrected chi connectivity index (χ1v) is 13.2. The fourth-order valence-corrected chi connectivity index (χ4v) is 3.95. The minimum absolute atomic E-state index is 0.0414. The molecule has 0 aromatic heterocycles. The molecule has 1 unspecified atom stereocenters. The third-order valence-electron chi connectivity index (χ3n) is 6.18. The largest absolute Gasteiger partial charge is 0.423 e. The zero-order chi connectivity index (χ0) is 23.7. The van der Waals surface area contributed by atoms with Gasteiger partial charge in [0.05, 0.1) is 11.7 Å². The molecule has 0 bridgehead atoms. The number of hydrogen-bond acceptors (Lipinski definition) is 3. The first-order chi connectivity index (χ1) is 16.1. The van der Waals surface area contributed by atoms with Crippen LogP contribution in [0, 0.1) is 0 Å². The molecule has 33 heavy (non-hydrogen) atoms. The number of esters is 1. The minimum Gasteiger partial charge on any atom is -0.423 e. The molecule has 2 aromatic rings. The average molecular weight is 453 g/mol. The quantitative estimate of drug-likeness (QED) is 0.137. The summed E-state index contributed by atoms with van der Waals surface area (Å²) < 4.78 is 11.6. The van der Waals surface area contributed by atoms with Crippen LogP contribution in [0.25, 0.3) is 0 Å². The zero-order valence-electron chi connectivity index (χ0n) is 21.1. The van der Waals surface area contributed by atoms with Gasteiger partial charge >= 0.3 is 5.97 Å². The van der Waals surface area contributed by atoms with Gasteiger partial charge in [0.15, 0.2) is 0 Å². The van der Waals surface area contributed by atoms with E-state index in [1.54, 1.807) is 0 Å². The molecule has 0 fully saturated rings. The lowest BCUT2D eigenvalue weighted by Gasteiger charge is -2.14. The van der Waals surface area contributed by atoms with Crippen molar-refractivity contribution in [1.82, 2.24) is 0 Å². The van der Waals surface area contributed by atoms with Gasteiger partial charge in [0, 0.05) is 6.61 Å². The van der Waals surface area contributed by atoms with E-state index in [4.69, 9.17) is 9.47 Å². The first kappa shape index (κ1) is 27.1. The summed E-state index contributed by atoms with van der Waals surface area (Å²) in [5.41, 5.74) is 2.96. The Bertz CT molecular complexity index is 764. The van der Waals surface area contributed by atoms with E-state index in [0.29, 0.717) is 11.3 Å². The average Bonchev–Trinajstić information content (AvgIpc) is 2.84. The smallest absolute Gasteiger partial charge is 0.343 e. The summed E-state index contributed by atoms with van der Waals surface area (Å²) in [6.07, 6.45) is 15.1. The Labute approximate surface area is 201 Å². The maximum Gasteiger partial charge on any atom is 0.343 e. The van der Waals surface area contributed by atoms with Gasteiger partial charge in [0.25, 0.3) is 0 Å². The van der Waals surface area contributed by atoms with E-state index in [1.807, 2.05) is 48.5 Å². The molecule has 0 radical (unpaired) electrons. The molecule has 0 amide bonds. The van der Waals surface area contributed by atoms with Gasteiger partial charge in [-0.3, -0.25) is 0 Å². The summed E-state index contributed by atoms with van der Waals surface area (Å²) in [6, 6.07) is 15.5. The van der Waals surface area contributed by atoms with Crippen LogP contribution in [0.4, 0.5) is 0 Å². The van der Waals surface area contributed by atoms with Crippen molar-refractivity contribution in [3.05, 3.63) is 65.2 Å². The molecule has 2 aromatic carbocycles. The number of carbonyl (C=O) groups excluding carboxylic acids is 1. The van der Waals surface area contributed by atoms with Crippen LogP contribution < -0.4 is 4.74 Å². The van der Waals surface area contributed by atoms with E-state index in [0.717, 1.165) is 25.0 Å². The molecule has 0 heterocycles. The fraction of sp³-hybridized carbons (Fsp3) is 0.567. The molecule has 0 saturated carbocycles. The minimum atomic E-state index is -0.316. The summed E-state index contributed by atoms with van der Waals surface area (Å²) in [6.45, 7) is 7.34. The van der Waals surface area contributed by atoms with Crippen LogP contribution in [0.2, 0.25) is 0 Å². The van der Waals surface area contributed by atoms with Crippen molar-refractivity contribution in [1.29, 1.82) is 0 Å². The van der Waals surface area contributed by atoms with Crippen LogP contribution in [0.15, 0.2) is 48.5 Å². The lowest BCUT2D eigenvalue weighted by atomic mass is 10.0. The second-order valence-electron chi connectivity index (χ2n) is 9.10. The van der Waals surface area contributed by atoms with Gasteiger partial charge in [0.1, 0.15) is 5.75 Å². The van der Waals surface area contributed by atoms with Gasteiger partial charge in [0.2, 0.25) is 0 Å². The van der Waals surface area contributed by atoms with Gasteiger partial charge in [-0.15, -0.1) is 0 Å². The van der Waals surface area contributed by atoms with E-state index in [-0.39, 0.29) is 12.1 Å². The SMILES string of the molecule is CCCCCCCCCOC(C)c1ccc(OC(=O)c2ccc(CCCCCC)cc2)cc1. The number of benzene rings is 2. The topological polar surface area (TPSA) is 35.5 Å². The van der Waals surface area contributed by atoms with Gasteiger partial charge in [-0.2, -0.15) is 0 Å². The molecule has 0 N–H and O–H groups in total. The summed E-state index contributed by atoms with van der Waals surface area (Å²) >= 11 is 0. The number of unbranched alkanes of at least 4 members (excludes halogenated alkanes) is 9. The second-order valence-corrected chi connectivity index (χ2v) is 9.10. The highest BCUT2D eigenvalue weighted by Crippen LogP contribution is 2.22. The van der Waals surface area contributed by atoms with Crippen LogP contribution in [-0.4, -0.2) is 12.6 Å². The van der Waals surface area contributed by atoms with Gasteiger partial charge in [-0.1, -0.05) is 95.9 Å². The Morgan fingerprint density at radius 1 is 0.727 bits per heavy atom.